The van der Waals surface area contributed by atoms with Crippen LogP contribution >= 0.6 is 0 Å². The van der Waals surface area contributed by atoms with Gasteiger partial charge in [-0.2, -0.15) is 13.2 Å². The number of amides is 3. The number of alkyl halides is 3. The molecule has 2 rings (SSSR count). The highest BCUT2D eigenvalue weighted by molar-refractivity contribution is 5.88. The molecule has 1 aromatic heterocycles. The van der Waals surface area contributed by atoms with Crippen LogP contribution in [0.2, 0.25) is 0 Å². The Morgan fingerprint density at radius 3 is 2.31 bits per heavy atom. The molecule has 0 radical (unpaired) electrons. The number of rotatable bonds is 1. The van der Waals surface area contributed by atoms with E-state index in [9.17, 15) is 22.8 Å². The first-order valence-corrected chi connectivity index (χ1v) is 7.92. The van der Waals surface area contributed by atoms with Gasteiger partial charge in [-0.1, -0.05) is 0 Å². The zero-order valence-electron chi connectivity index (χ0n) is 15.3. The summed E-state index contributed by atoms with van der Waals surface area (Å²) in [6, 6.07) is -0.617. The van der Waals surface area contributed by atoms with Gasteiger partial charge in [0, 0.05) is 27.2 Å². The number of urea groups is 1. The minimum atomic E-state index is -4.68. The molecular formula is C15H22F3N5O3. The highest BCUT2D eigenvalue weighted by Crippen LogP contribution is 2.34. The van der Waals surface area contributed by atoms with Crippen LogP contribution in [0, 0.1) is 0 Å². The largest absolute Gasteiger partial charge is 0.449 e. The number of nitrogens with one attached hydrogen (secondary N) is 1. The van der Waals surface area contributed by atoms with Crippen molar-refractivity contribution in [2.75, 3.05) is 26.0 Å². The van der Waals surface area contributed by atoms with Crippen molar-refractivity contribution in [3.05, 3.63) is 11.5 Å². The minimum Gasteiger partial charge on any atom is -0.444 e. The standard InChI is InChI=1S/C15H22F3N5O3/c1-14(2,3)26-13(25)22-6-7-23-9(8-22)10(20-12(24)21(4)5)19-11(23)15(16,17)18/h6-8H2,1-5H3,(H,20,24). The fourth-order valence-corrected chi connectivity index (χ4v) is 2.38. The van der Waals surface area contributed by atoms with Gasteiger partial charge in [0.2, 0.25) is 5.82 Å². The van der Waals surface area contributed by atoms with Gasteiger partial charge >= 0.3 is 18.3 Å². The van der Waals surface area contributed by atoms with Gasteiger partial charge in [-0.05, 0) is 20.8 Å². The van der Waals surface area contributed by atoms with E-state index >= 15 is 0 Å². The van der Waals surface area contributed by atoms with Crippen LogP contribution in [0.25, 0.3) is 0 Å². The van der Waals surface area contributed by atoms with E-state index < -0.39 is 29.7 Å². The van der Waals surface area contributed by atoms with Crippen LogP contribution in [0.3, 0.4) is 0 Å². The van der Waals surface area contributed by atoms with Crippen molar-refractivity contribution in [2.24, 2.45) is 0 Å². The number of hydrogen-bond acceptors (Lipinski definition) is 4. The van der Waals surface area contributed by atoms with E-state index in [1.54, 1.807) is 20.8 Å². The van der Waals surface area contributed by atoms with Gasteiger partial charge in [-0.25, -0.2) is 14.6 Å². The molecule has 11 heteroatoms. The van der Waals surface area contributed by atoms with E-state index in [0.717, 1.165) is 4.57 Å². The highest BCUT2D eigenvalue weighted by Gasteiger charge is 2.41. The summed E-state index contributed by atoms with van der Waals surface area (Å²) in [6.07, 6.45) is -5.31. The van der Waals surface area contributed by atoms with Gasteiger partial charge in [-0.3, -0.25) is 5.32 Å². The molecule has 2 heterocycles. The number of carbonyl (C=O) groups is 2. The van der Waals surface area contributed by atoms with Gasteiger partial charge in [0.05, 0.1) is 12.2 Å². The quantitative estimate of drug-likeness (QED) is 0.816. The number of ether oxygens (including phenoxy) is 1. The van der Waals surface area contributed by atoms with Crippen molar-refractivity contribution in [3.63, 3.8) is 0 Å². The molecule has 1 aliphatic heterocycles. The summed E-state index contributed by atoms with van der Waals surface area (Å²) in [7, 11) is 2.91. The number of halogens is 3. The number of nitrogens with zero attached hydrogens (tertiary/aromatic N) is 4. The van der Waals surface area contributed by atoms with Crippen molar-refractivity contribution in [2.45, 2.75) is 45.6 Å². The first-order chi connectivity index (χ1) is 11.8. The second-order valence-corrected chi connectivity index (χ2v) is 7.11. The Labute approximate surface area is 148 Å². The Morgan fingerprint density at radius 2 is 1.81 bits per heavy atom. The molecule has 0 saturated carbocycles. The van der Waals surface area contributed by atoms with Crippen LogP contribution in [-0.2, 0) is 24.0 Å². The second-order valence-electron chi connectivity index (χ2n) is 7.11. The molecule has 8 nitrogen and oxygen atoms in total. The number of fused-ring (bicyclic) bond motifs is 1. The van der Waals surface area contributed by atoms with E-state index in [1.165, 1.54) is 23.9 Å². The van der Waals surface area contributed by atoms with Crippen LogP contribution in [0.1, 0.15) is 32.3 Å². The van der Waals surface area contributed by atoms with Crippen LogP contribution in [0.4, 0.5) is 28.6 Å². The van der Waals surface area contributed by atoms with Gasteiger partial charge in [0.15, 0.2) is 5.82 Å². The minimum absolute atomic E-state index is 0.0441. The first kappa shape index (κ1) is 19.9. The molecule has 1 N–H and O–H groups in total. The average molecular weight is 377 g/mol. The lowest BCUT2D eigenvalue weighted by Gasteiger charge is -2.31. The molecule has 1 aromatic rings. The molecule has 26 heavy (non-hydrogen) atoms. The Kier molecular flexibility index (Phi) is 5.11. The molecule has 0 saturated heterocycles. The van der Waals surface area contributed by atoms with Crippen molar-refractivity contribution < 1.29 is 27.5 Å². The third kappa shape index (κ3) is 4.38. The van der Waals surface area contributed by atoms with Gasteiger partial charge in [0.1, 0.15) is 5.60 Å². The summed E-state index contributed by atoms with van der Waals surface area (Å²) >= 11 is 0. The molecule has 146 valence electrons. The summed E-state index contributed by atoms with van der Waals surface area (Å²) in [4.78, 5) is 30.1. The Hall–Kier alpha value is -2.46. The van der Waals surface area contributed by atoms with E-state index in [0.29, 0.717) is 0 Å². The van der Waals surface area contributed by atoms with Crippen molar-refractivity contribution in [1.29, 1.82) is 0 Å². The van der Waals surface area contributed by atoms with E-state index in [2.05, 4.69) is 10.3 Å². The molecule has 0 aromatic carbocycles. The maximum atomic E-state index is 13.3. The normalized spacial score (nSPS) is 14.7. The molecule has 1 aliphatic rings. The fourth-order valence-electron chi connectivity index (χ4n) is 2.38. The summed E-state index contributed by atoms with van der Waals surface area (Å²) in [5, 5.41) is 2.35. The van der Waals surface area contributed by atoms with E-state index in [1.807, 2.05) is 0 Å². The maximum Gasteiger partial charge on any atom is 0.449 e. The van der Waals surface area contributed by atoms with Crippen LogP contribution < -0.4 is 5.32 Å². The first-order valence-electron chi connectivity index (χ1n) is 7.92. The van der Waals surface area contributed by atoms with Crippen LogP contribution in [0.15, 0.2) is 0 Å². The number of imidazole rings is 1. The summed E-state index contributed by atoms with van der Waals surface area (Å²) in [5.74, 6) is -1.32. The van der Waals surface area contributed by atoms with Crippen LogP contribution in [-0.4, -0.2) is 57.7 Å². The van der Waals surface area contributed by atoms with Gasteiger partial charge in [0.25, 0.3) is 0 Å². The lowest BCUT2D eigenvalue weighted by Crippen LogP contribution is -2.42. The maximum absolute atomic E-state index is 13.3. The zero-order chi connectivity index (χ0) is 19.9. The predicted octanol–water partition coefficient (Wildman–Crippen LogP) is 2.75. The molecule has 0 bridgehead atoms. The Bertz CT molecular complexity index is 707. The number of hydrogen-bond donors (Lipinski definition) is 1. The van der Waals surface area contributed by atoms with Gasteiger partial charge in [-0.15, -0.1) is 0 Å². The third-order valence-corrected chi connectivity index (χ3v) is 3.54. The molecule has 0 spiro atoms. The Balaban J connectivity index is 2.35. The second kappa shape index (κ2) is 6.69. The molecule has 0 aliphatic carbocycles. The fraction of sp³-hybridized carbons (Fsp3) is 0.667. The average Bonchev–Trinajstić information content (AvgIpc) is 2.83. The summed E-state index contributed by atoms with van der Waals surface area (Å²) in [6.45, 7) is 4.88. The number of carbonyl (C=O) groups excluding carboxylic acids is 2. The molecule has 0 unspecified atom stereocenters. The van der Waals surface area contributed by atoms with E-state index in [4.69, 9.17) is 4.74 Å². The summed E-state index contributed by atoms with van der Waals surface area (Å²) < 4.78 is 46.0. The SMILES string of the molecule is CN(C)C(=O)Nc1nc(C(F)(F)F)n2c1CN(C(=O)OC(C)(C)C)CC2. The highest BCUT2D eigenvalue weighted by atomic mass is 19.4. The summed E-state index contributed by atoms with van der Waals surface area (Å²) in [5.41, 5.74) is -0.627. The molecular weight excluding hydrogens is 355 g/mol. The van der Waals surface area contributed by atoms with Crippen molar-refractivity contribution >= 4 is 17.9 Å². The van der Waals surface area contributed by atoms with Crippen molar-refractivity contribution in [1.82, 2.24) is 19.4 Å². The smallest absolute Gasteiger partial charge is 0.444 e. The molecule has 0 atom stereocenters. The number of anilines is 1. The third-order valence-electron chi connectivity index (χ3n) is 3.54. The lowest BCUT2D eigenvalue weighted by molar-refractivity contribution is -0.147. The zero-order valence-corrected chi connectivity index (χ0v) is 15.3. The van der Waals surface area contributed by atoms with Crippen LogP contribution in [0.5, 0.6) is 0 Å². The Morgan fingerprint density at radius 1 is 1.19 bits per heavy atom. The van der Waals surface area contributed by atoms with Crippen molar-refractivity contribution in [3.8, 4) is 0 Å². The molecule has 0 fully saturated rings. The topological polar surface area (TPSA) is 79.7 Å². The monoisotopic (exact) mass is 377 g/mol. The van der Waals surface area contributed by atoms with E-state index in [-0.39, 0.29) is 31.1 Å². The van der Waals surface area contributed by atoms with Gasteiger partial charge < -0.3 is 19.1 Å². The number of aromatic nitrogens is 2. The molecule has 3 amide bonds. The predicted molar refractivity (Wildman–Crippen MR) is 86.6 cm³/mol. The lowest BCUT2D eigenvalue weighted by atomic mass is 10.2.